The van der Waals surface area contributed by atoms with E-state index in [0.29, 0.717) is 11.4 Å². The third-order valence-corrected chi connectivity index (χ3v) is 3.50. The van der Waals surface area contributed by atoms with E-state index in [1.54, 1.807) is 13.0 Å². The van der Waals surface area contributed by atoms with Gasteiger partial charge in [0.25, 0.3) is 0 Å². The first kappa shape index (κ1) is 19.0. The number of ketones is 1. The van der Waals surface area contributed by atoms with E-state index >= 15 is 0 Å². The van der Waals surface area contributed by atoms with Gasteiger partial charge in [0.05, 0.1) is 21.3 Å². The summed E-state index contributed by atoms with van der Waals surface area (Å²) in [5.74, 6) is -0.0877. The van der Waals surface area contributed by atoms with E-state index in [1.165, 1.54) is 39.5 Å². The van der Waals surface area contributed by atoms with Crippen LogP contribution in [0.25, 0.3) is 0 Å². The number of hydrogen-bond acceptors (Lipinski definition) is 8. The first-order chi connectivity index (χ1) is 12.4. The van der Waals surface area contributed by atoms with Gasteiger partial charge < -0.3 is 29.1 Å². The van der Waals surface area contributed by atoms with E-state index < -0.39 is 23.1 Å². The summed E-state index contributed by atoms with van der Waals surface area (Å²) in [6.45, 7) is 1.17. The molecule has 0 atom stereocenters. The van der Waals surface area contributed by atoms with Crippen LogP contribution in [0.2, 0.25) is 0 Å². The van der Waals surface area contributed by atoms with Crippen molar-refractivity contribution in [2.75, 3.05) is 27.9 Å². The number of carbonyl (C=O) groups excluding carboxylic acids is 1. The highest BCUT2D eigenvalue weighted by atomic mass is 16.6. The van der Waals surface area contributed by atoms with Crippen molar-refractivity contribution < 1.29 is 28.7 Å². The van der Waals surface area contributed by atoms with Crippen LogP contribution >= 0.6 is 0 Å². The molecule has 9 heteroatoms. The van der Waals surface area contributed by atoms with Crippen molar-refractivity contribution in [3.63, 3.8) is 0 Å². The second-order valence-corrected chi connectivity index (χ2v) is 5.15. The van der Waals surface area contributed by atoms with Crippen LogP contribution < -0.4 is 18.9 Å². The largest absolute Gasteiger partial charge is 0.496 e. The van der Waals surface area contributed by atoms with Gasteiger partial charge in [-0.2, -0.15) is 0 Å². The Kier molecular flexibility index (Phi) is 5.94. The second kappa shape index (κ2) is 8.15. The molecule has 0 bridgehead atoms. The molecule has 26 heavy (non-hydrogen) atoms. The van der Waals surface area contributed by atoms with E-state index in [4.69, 9.17) is 18.9 Å². The predicted molar refractivity (Wildman–Crippen MR) is 91.6 cm³/mol. The molecule has 0 N–H and O–H groups in total. The average Bonchev–Trinajstić information content (AvgIpc) is 2.65. The molecule has 0 amide bonds. The van der Waals surface area contributed by atoms with Crippen LogP contribution in [-0.4, -0.2) is 43.6 Å². The molecule has 1 heterocycles. The molecule has 0 unspecified atom stereocenters. The van der Waals surface area contributed by atoms with Crippen molar-refractivity contribution in [1.29, 1.82) is 0 Å². The molecular weight excluding hydrogens is 344 g/mol. The van der Waals surface area contributed by atoms with Crippen molar-refractivity contribution in [2.24, 2.45) is 0 Å². The second-order valence-electron chi connectivity index (χ2n) is 5.15. The number of rotatable bonds is 8. The van der Waals surface area contributed by atoms with Crippen LogP contribution in [0, 0.1) is 17.0 Å². The number of aromatic nitrogens is 1. The number of pyridine rings is 1. The minimum Gasteiger partial charge on any atom is -0.496 e. The first-order valence-electron chi connectivity index (χ1n) is 7.49. The van der Waals surface area contributed by atoms with E-state index in [1.807, 2.05) is 0 Å². The van der Waals surface area contributed by atoms with Crippen LogP contribution in [0.5, 0.6) is 23.0 Å². The Balaban J connectivity index is 2.30. The van der Waals surface area contributed by atoms with Gasteiger partial charge in [0.1, 0.15) is 28.5 Å². The van der Waals surface area contributed by atoms with Gasteiger partial charge in [-0.05, 0) is 22.0 Å². The molecule has 0 spiro atoms. The lowest BCUT2D eigenvalue weighted by molar-refractivity contribution is -0.390. The molecule has 0 saturated carbocycles. The first-order valence-corrected chi connectivity index (χ1v) is 7.49. The Bertz CT molecular complexity index is 811. The highest BCUT2D eigenvalue weighted by Crippen LogP contribution is 2.34. The van der Waals surface area contributed by atoms with Crippen molar-refractivity contribution in [1.82, 2.24) is 4.98 Å². The highest BCUT2D eigenvalue weighted by Gasteiger charge is 2.23. The van der Waals surface area contributed by atoms with E-state index in [-0.39, 0.29) is 22.8 Å². The minimum atomic E-state index is -0.665. The van der Waals surface area contributed by atoms with Crippen LogP contribution in [0.4, 0.5) is 5.82 Å². The molecule has 0 aliphatic heterocycles. The van der Waals surface area contributed by atoms with E-state index in [9.17, 15) is 14.9 Å². The number of nitro groups is 1. The molecule has 0 aliphatic carbocycles. The third-order valence-electron chi connectivity index (χ3n) is 3.50. The van der Waals surface area contributed by atoms with Gasteiger partial charge >= 0.3 is 5.82 Å². The van der Waals surface area contributed by atoms with Gasteiger partial charge in [-0.3, -0.25) is 4.79 Å². The van der Waals surface area contributed by atoms with Gasteiger partial charge in [0.15, 0.2) is 6.61 Å². The van der Waals surface area contributed by atoms with Crippen molar-refractivity contribution >= 4 is 11.6 Å². The minimum absolute atomic E-state index is 0.0969. The quantitative estimate of drug-likeness (QED) is 0.400. The van der Waals surface area contributed by atoms with Crippen LogP contribution in [-0.2, 0) is 0 Å². The Hall–Kier alpha value is -3.36. The average molecular weight is 362 g/mol. The van der Waals surface area contributed by atoms with Crippen molar-refractivity contribution in [3.8, 4) is 23.0 Å². The van der Waals surface area contributed by atoms with Crippen LogP contribution in [0.15, 0.2) is 24.3 Å². The molecule has 2 aromatic rings. The van der Waals surface area contributed by atoms with Crippen molar-refractivity contribution in [2.45, 2.75) is 6.92 Å². The van der Waals surface area contributed by atoms with Gasteiger partial charge in [-0.25, -0.2) is 0 Å². The fourth-order valence-corrected chi connectivity index (χ4v) is 2.27. The van der Waals surface area contributed by atoms with Crippen molar-refractivity contribution in [3.05, 3.63) is 45.6 Å². The Morgan fingerprint density at radius 3 is 2.19 bits per heavy atom. The van der Waals surface area contributed by atoms with Gasteiger partial charge in [-0.15, -0.1) is 0 Å². The molecule has 0 radical (unpaired) electrons. The predicted octanol–water partition coefficient (Wildman–Crippen LogP) is 2.59. The monoisotopic (exact) mass is 362 g/mol. The summed E-state index contributed by atoms with van der Waals surface area (Å²) in [4.78, 5) is 26.8. The number of aryl methyl sites for hydroxylation is 1. The highest BCUT2D eigenvalue weighted by molar-refractivity contribution is 6.02. The summed E-state index contributed by atoms with van der Waals surface area (Å²) in [5, 5.41) is 11.1. The summed E-state index contributed by atoms with van der Waals surface area (Å²) in [5.41, 5.74) is 0.618. The molecule has 1 aromatic heterocycles. The smallest absolute Gasteiger partial charge is 0.406 e. The van der Waals surface area contributed by atoms with Crippen LogP contribution in [0.1, 0.15) is 16.1 Å². The van der Waals surface area contributed by atoms with E-state index in [0.717, 1.165) is 0 Å². The molecule has 138 valence electrons. The number of ether oxygens (including phenoxy) is 4. The van der Waals surface area contributed by atoms with Crippen LogP contribution in [0.3, 0.4) is 0 Å². The molecule has 1 aromatic carbocycles. The maximum atomic E-state index is 12.6. The maximum Gasteiger partial charge on any atom is 0.406 e. The molecule has 9 nitrogen and oxygen atoms in total. The lowest BCUT2D eigenvalue weighted by Crippen LogP contribution is -2.15. The molecule has 0 aliphatic rings. The van der Waals surface area contributed by atoms with Gasteiger partial charge in [0.2, 0.25) is 11.5 Å². The Labute approximate surface area is 149 Å². The Morgan fingerprint density at radius 2 is 1.69 bits per heavy atom. The number of methoxy groups -OCH3 is 3. The van der Waals surface area contributed by atoms with Gasteiger partial charge in [0, 0.05) is 19.1 Å². The lowest BCUT2D eigenvalue weighted by atomic mass is 10.1. The third kappa shape index (κ3) is 4.00. The molecule has 0 fully saturated rings. The van der Waals surface area contributed by atoms with Gasteiger partial charge in [-0.1, -0.05) is 0 Å². The lowest BCUT2D eigenvalue weighted by Gasteiger charge is -2.14. The van der Waals surface area contributed by atoms with E-state index in [2.05, 4.69) is 4.98 Å². The number of Topliss-reactive ketones (excluding diaryl/α,β-unsaturated/α-hetero) is 1. The number of carbonyl (C=O) groups is 1. The fourth-order valence-electron chi connectivity index (χ4n) is 2.27. The zero-order valence-electron chi connectivity index (χ0n) is 14.8. The zero-order chi connectivity index (χ0) is 19.3. The Morgan fingerprint density at radius 1 is 1.08 bits per heavy atom. The summed E-state index contributed by atoms with van der Waals surface area (Å²) in [6, 6.07) is 6.02. The summed E-state index contributed by atoms with van der Waals surface area (Å²) in [7, 11) is 4.28. The molecule has 2 rings (SSSR count). The summed E-state index contributed by atoms with van der Waals surface area (Å²) >= 11 is 0. The maximum absolute atomic E-state index is 12.6. The SMILES string of the molecule is COc1cc(OC)c(C(=O)COc2ccc(C)nc2[N+](=O)[O-])c(OC)c1. The number of nitrogens with zero attached hydrogens (tertiary/aromatic N) is 2. The number of benzene rings is 1. The molecular formula is C17H18N2O7. The summed E-state index contributed by atoms with van der Waals surface area (Å²) in [6.07, 6.45) is 0. The zero-order valence-corrected chi connectivity index (χ0v) is 14.8. The standard InChI is InChI=1S/C17H18N2O7/c1-10-5-6-13(17(18-10)19(21)22)26-9-12(20)16-14(24-3)7-11(23-2)8-15(16)25-4/h5-8H,9H2,1-4H3. The topological polar surface area (TPSA) is 110 Å². The summed E-state index contributed by atoms with van der Waals surface area (Å²) < 4.78 is 20.9. The molecule has 0 saturated heterocycles. The number of hydrogen-bond donors (Lipinski definition) is 0. The normalized spacial score (nSPS) is 10.2. The fraction of sp³-hybridized carbons (Fsp3) is 0.294.